The standard InChI is InChI=1S/C17H26N2O/c1-2-9-20-16-7-3-5-14(10-16)13-19-8-4-6-15-11-18-12-17(15)19/h3,5,7,10,15,17-18H,2,4,6,8-9,11-13H2,1H3. The molecule has 2 aliphatic rings. The Hall–Kier alpha value is -1.06. The topological polar surface area (TPSA) is 24.5 Å². The van der Waals surface area contributed by atoms with Crippen molar-refractivity contribution < 1.29 is 4.74 Å². The van der Waals surface area contributed by atoms with E-state index >= 15 is 0 Å². The molecule has 2 aliphatic heterocycles. The Morgan fingerprint density at radius 2 is 2.30 bits per heavy atom. The molecular weight excluding hydrogens is 248 g/mol. The molecule has 110 valence electrons. The van der Waals surface area contributed by atoms with Gasteiger partial charge in [-0.25, -0.2) is 0 Å². The number of nitrogens with one attached hydrogen (secondary N) is 1. The first-order valence-electron chi connectivity index (χ1n) is 8.03. The average molecular weight is 274 g/mol. The van der Waals surface area contributed by atoms with Crippen LogP contribution in [0, 0.1) is 5.92 Å². The van der Waals surface area contributed by atoms with Crippen LogP contribution in [0.2, 0.25) is 0 Å². The molecule has 1 aromatic carbocycles. The van der Waals surface area contributed by atoms with Crippen LogP contribution in [0.5, 0.6) is 5.75 Å². The van der Waals surface area contributed by atoms with E-state index < -0.39 is 0 Å². The second kappa shape index (κ2) is 6.59. The summed E-state index contributed by atoms with van der Waals surface area (Å²) >= 11 is 0. The molecule has 0 aliphatic carbocycles. The number of likely N-dealkylation sites (tertiary alicyclic amines) is 1. The van der Waals surface area contributed by atoms with Crippen molar-refractivity contribution in [1.82, 2.24) is 10.2 Å². The highest BCUT2D eigenvalue weighted by molar-refractivity contribution is 5.28. The van der Waals surface area contributed by atoms with Crippen molar-refractivity contribution in [2.45, 2.75) is 38.8 Å². The van der Waals surface area contributed by atoms with Crippen molar-refractivity contribution >= 4 is 0 Å². The zero-order valence-electron chi connectivity index (χ0n) is 12.5. The van der Waals surface area contributed by atoms with Gasteiger partial charge in [-0.15, -0.1) is 0 Å². The van der Waals surface area contributed by atoms with Crippen molar-refractivity contribution in [2.75, 3.05) is 26.2 Å². The van der Waals surface area contributed by atoms with Gasteiger partial charge in [0.25, 0.3) is 0 Å². The van der Waals surface area contributed by atoms with E-state index in [4.69, 9.17) is 4.74 Å². The van der Waals surface area contributed by atoms with Crippen LogP contribution in [0.1, 0.15) is 31.7 Å². The molecule has 3 nitrogen and oxygen atoms in total. The van der Waals surface area contributed by atoms with Crippen molar-refractivity contribution in [3.8, 4) is 5.75 Å². The largest absolute Gasteiger partial charge is 0.494 e. The van der Waals surface area contributed by atoms with E-state index in [1.54, 1.807) is 0 Å². The maximum Gasteiger partial charge on any atom is 0.119 e. The molecule has 2 saturated heterocycles. The number of nitrogens with zero attached hydrogens (tertiary/aromatic N) is 1. The molecule has 2 heterocycles. The lowest BCUT2D eigenvalue weighted by molar-refractivity contribution is 0.117. The van der Waals surface area contributed by atoms with Gasteiger partial charge in [0.2, 0.25) is 0 Å². The Kier molecular flexibility index (Phi) is 4.58. The summed E-state index contributed by atoms with van der Waals surface area (Å²) in [6.07, 6.45) is 3.80. The van der Waals surface area contributed by atoms with Crippen molar-refractivity contribution in [1.29, 1.82) is 0 Å². The lowest BCUT2D eigenvalue weighted by Crippen LogP contribution is -2.44. The molecule has 0 radical (unpaired) electrons. The zero-order valence-corrected chi connectivity index (χ0v) is 12.5. The fourth-order valence-corrected chi connectivity index (χ4v) is 3.55. The summed E-state index contributed by atoms with van der Waals surface area (Å²) in [6, 6.07) is 9.36. The molecule has 0 bridgehead atoms. The highest BCUT2D eigenvalue weighted by Gasteiger charge is 2.34. The van der Waals surface area contributed by atoms with E-state index in [0.29, 0.717) is 0 Å². The molecule has 2 unspecified atom stereocenters. The SMILES string of the molecule is CCCOc1cccc(CN2CCCC3CNCC32)c1. The Morgan fingerprint density at radius 1 is 1.35 bits per heavy atom. The predicted octanol–water partition coefficient (Wildman–Crippen LogP) is 2.66. The average Bonchev–Trinajstić information content (AvgIpc) is 2.95. The van der Waals surface area contributed by atoms with Crippen molar-refractivity contribution in [3.63, 3.8) is 0 Å². The lowest BCUT2D eigenvalue weighted by Gasteiger charge is -2.37. The van der Waals surface area contributed by atoms with Gasteiger partial charge < -0.3 is 10.1 Å². The van der Waals surface area contributed by atoms with E-state index in [1.807, 2.05) is 0 Å². The molecule has 0 aromatic heterocycles. The van der Waals surface area contributed by atoms with Crippen LogP contribution in [0.25, 0.3) is 0 Å². The zero-order chi connectivity index (χ0) is 13.8. The van der Waals surface area contributed by atoms with E-state index in [1.165, 1.54) is 31.5 Å². The summed E-state index contributed by atoms with van der Waals surface area (Å²) in [6.45, 7) is 7.62. The summed E-state index contributed by atoms with van der Waals surface area (Å²) in [5, 5.41) is 3.55. The molecule has 0 amide bonds. The van der Waals surface area contributed by atoms with Gasteiger partial charge in [0.15, 0.2) is 0 Å². The normalized spacial score (nSPS) is 26.4. The number of piperidine rings is 1. The molecule has 0 saturated carbocycles. The van der Waals surface area contributed by atoms with Crippen LogP contribution < -0.4 is 10.1 Å². The van der Waals surface area contributed by atoms with Crippen LogP contribution in [0.15, 0.2) is 24.3 Å². The minimum absolute atomic E-state index is 0.740. The van der Waals surface area contributed by atoms with Gasteiger partial charge in [-0.1, -0.05) is 19.1 Å². The molecule has 1 N–H and O–H groups in total. The summed E-state index contributed by atoms with van der Waals surface area (Å²) in [5.74, 6) is 1.88. The molecule has 2 fully saturated rings. The van der Waals surface area contributed by atoms with E-state index in [9.17, 15) is 0 Å². The van der Waals surface area contributed by atoms with Crippen LogP contribution in [0.4, 0.5) is 0 Å². The van der Waals surface area contributed by atoms with Gasteiger partial charge in [-0.05, 0) is 56.0 Å². The quantitative estimate of drug-likeness (QED) is 0.893. The number of rotatable bonds is 5. The van der Waals surface area contributed by atoms with Gasteiger partial charge in [0, 0.05) is 19.1 Å². The smallest absolute Gasteiger partial charge is 0.119 e. The fourth-order valence-electron chi connectivity index (χ4n) is 3.55. The van der Waals surface area contributed by atoms with Gasteiger partial charge in [0.05, 0.1) is 6.61 Å². The predicted molar refractivity (Wildman–Crippen MR) is 82.0 cm³/mol. The van der Waals surface area contributed by atoms with E-state index in [2.05, 4.69) is 41.4 Å². The molecule has 20 heavy (non-hydrogen) atoms. The molecule has 0 spiro atoms. The second-order valence-electron chi connectivity index (χ2n) is 6.09. The summed E-state index contributed by atoms with van der Waals surface area (Å²) < 4.78 is 5.74. The van der Waals surface area contributed by atoms with Gasteiger partial charge >= 0.3 is 0 Å². The fraction of sp³-hybridized carbons (Fsp3) is 0.647. The van der Waals surface area contributed by atoms with Crippen LogP contribution in [-0.4, -0.2) is 37.2 Å². The number of hydrogen-bond donors (Lipinski definition) is 1. The molecular formula is C17H26N2O. The van der Waals surface area contributed by atoms with Crippen LogP contribution in [-0.2, 0) is 6.54 Å². The van der Waals surface area contributed by atoms with Crippen LogP contribution in [0.3, 0.4) is 0 Å². The minimum Gasteiger partial charge on any atom is -0.494 e. The Balaban J connectivity index is 1.64. The van der Waals surface area contributed by atoms with Gasteiger partial charge in [0.1, 0.15) is 5.75 Å². The third-order valence-electron chi connectivity index (χ3n) is 4.55. The van der Waals surface area contributed by atoms with Crippen molar-refractivity contribution in [3.05, 3.63) is 29.8 Å². The third-order valence-corrected chi connectivity index (χ3v) is 4.55. The number of benzene rings is 1. The summed E-state index contributed by atoms with van der Waals surface area (Å²) in [4.78, 5) is 2.66. The molecule has 1 aromatic rings. The van der Waals surface area contributed by atoms with Crippen LogP contribution >= 0.6 is 0 Å². The maximum absolute atomic E-state index is 5.74. The lowest BCUT2D eigenvalue weighted by atomic mass is 9.91. The monoisotopic (exact) mass is 274 g/mol. The van der Waals surface area contributed by atoms with E-state index in [0.717, 1.165) is 43.8 Å². The van der Waals surface area contributed by atoms with E-state index in [-0.39, 0.29) is 0 Å². The molecule has 3 rings (SSSR count). The number of fused-ring (bicyclic) bond motifs is 1. The first kappa shape index (κ1) is 13.9. The maximum atomic E-state index is 5.74. The number of ether oxygens (including phenoxy) is 1. The van der Waals surface area contributed by atoms with Crippen molar-refractivity contribution in [2.24, 2.45) is 5.92 Å². The second-order valence-corrected chi connectivity index (χ2v) is 6.09. The summed E-state index contributed by atoms with van der Waals surface area (Å²) in [7, 11) is 0. The molecule has 2 atom stereocenters. The number of hydrogen-bond acceptors (Lipinski definition) is 3. The minimum atomic E-state index is 0.740. The Morgan fingerprint density at radius 3 is 3.20 bits per heavy atom. The summed E-state index contributed by atoms with van der Waals surface area (Å²) in [5.41, 5.74) is 1.38. The van der Waals surface area contributed by atoms with Gasteiger partial charge in [-0.3, -0.25) is 4.90 Å². The third kappa shape index (κ3) is 3.15. The highest BCUT2D eigenvalue weighted by Crippen LogP contribution is 2.28. The first-order chi connectivity index (χ1) is 9.86. The molecule has 3 heteroatoms. The highest BCUT2D eigenvalue weighted by atomic mass is 16.5. The first-order valence-corrected chi connectivity index (χ1v) is 8.03. The Labute approximate surface area is 122 Å². The van der Waals surface area contributed by atoms with Gasteiger partial charge in [-0.2, -0.15) is 0 Å². The Bertz CT molecular complexity index is 435.